The second-order valence-corrected chi connectivity index (χ2v) is 3.56. The molecule has 0 fully saturated rings. The molecule has 2 N–H and O–H groups in total. The summed E-state index contributed by atoms with van der Waals surface area (Å²) in [5, 5.41) is 7.46. The van der Waals surface area contributed by atoms with Crippen LogP contribution in [0, 0.1) is 0 Å². The first kappa shape index (κ1) is 10.3. The molecule has 8 nitrogen and oxygen atoms in total. The van der Waals surface area contributed by atoms with Crippen molar-refractivity contribution in [3.63, 3.8) is 0 Å². The Bertz CT molecular complexity index is 611. The molecule has 16 heavy (non-hydrogen) atoms. The minimum absolute atomic E-state index is 0.0551. The fraction of sp³-hybridized carbons (Fsp3) is 0.375. The minimum Gasteiger partial charge on any atom is -0.364 e. The van der Waals surface area contributed by atoms with Gasteiger partial charge in [0.15, 0.2) is 11.3 Å². The topological polar surface area (TPSA) is 108 Å². The van der Waals surface area contributed by atoms with E-state index in [4.69, 9.17) is 5.73 Å². The molecule has 8 heteroatoms. The van der Waals surface area contributed by atoms with Crippen LogP contribution in [0.1, 0.15) is 30.4 Å². The van der Waals surface area contributed by atoms with Gasteiger partial charge in [0.1, 0.15) is 6.33 Å². The van der Waals surface area contributed by atoms with Gasteiger partial charge in [-0.05, 0) is 13.8 Å². The number of amides is 1. The Balaban J connectivity index is 2.79. The van der Waals surface area contributed by atoms with Crippen molar-refractivity contribution in [3.05, 3.63) is 22.5 Å². The molecule has 0 bridgehead atoms. The van der Waals surface area contributed by atoms with E-state index in [9.17, 15) is 9.59 Å². The van der Waals surface area contributed by atoms with E-state index in [1.165, 1.54) is 11.0 Å². The van der Waals surface area contributed by atoms with Crippen LogP contribution in [0.3, 0.4) is 0 Å². The maximum atomic E-state index is 11.8. The first-order chi connectivity index (χ1) is 7.52. The molecule has 0 unspecified atom stereocenters. The molecular weight excluding hydrogens is 212 g/mol. The van der Waals surface area contributed by atoms with Gasteiger partial charge in [0, 0.05) is 0 Å². The van der Waals surface area contributed by atoms with Crippen molar-refractivity contribution < 1.29 is 4.79 Å². The summed E-state index contributed by atoms with van der Waals surface area (Å²) in [4.78, 5) is 26.5. The monoisotopic (exact) mass is 222 g/mol. The van der Waals surface area contributed by atoms with Gasteiger partial charge in [-0.3, -0.25) is 4.79 Å². The van der Waals surface area contributed by atoms with Crippen molar-refractivity contribution >= 4 is 11.6 Å². The van der Waals surface area contributed by atoms with Crippen LogP contribution in [0.4, 0.5) is 0 Å². The second kappa shape index (κ2) is 3.40. The Kier molecular flexibility index (Phi) is 2.18. The van der Waals surface area contributed by atoms with E-state index in [0.717, 1.165) is 4.40 Å². The molecule has 0 saturated heterocycles. The largest absolute Gasteiger partial charge is 0.364 e. The van der Waals surface area contributed by atoms with Crippen molar-refractivity contribution in [2.45, 2.75) is 19.9 Å². The highest BCUT2D eigenvalue weighted by Gasteiger charge is 2.15. The van der Waals surface area contributed by atoms with Crippen LogP contribution >= 0.6 is 0 Å². The molecule has 2 aromatic rings. The zero-order valence-corrected chi connectivity index (χ0v) is 8.78. The number of nitrogens with two attached hydrogens (primary N) is 1. The Labute approximate surface area is 89.7 Å². The van der Waals surface area contributed by atoms with Crippen molar-refractivity contribution in [2.75, 3.05) is 0 Å². The summed E-state index contributed by atoms with van der Waals surface area (Å²) in [5.74, 6) is -0.738. The van der Waals surface area contributed by atoms with Gasteiger partial charge < -0.3 is 5.73 Å². The summed E-state index contributed by atoms with van der Waals surface area (Å²) in [7, 11) is 0. The molecule has 2 heterocycles. The van der Waals surface area contributed by atoms with Crippen molar-refractivity contribution in [2.24, 2.45) is 5.73 Å². The van der Waals surface area contributed by atoms with E-state index in [0.29, 0.717) is 0 Å². The Morgan fingerprint density at radius 2 is 2.19 bits per heavy atom. The van der Waals surface area contributed by atoms with Gasteiger partial charge >= 0.3 is 5.69 Å². The number of carbonyl (C=O) groups excluding carboxylic acids is 1. The van der Waals surface area contributed by atoms with Crippen LogP contribution in [-0.2, 0) is 0 Å². The third kappa shape index (κ3) is 1.35. The molecule has 0 radical (unpaired) electrons. The van der Waals surface area contributed by atoms with Crippen molar-refractivity contribution in [1.29, 1.82) is 0 Å². The summed E-state index contributed by atoms with van der Waals surface area (Å²) in [6, 6.07) is -0.121. The number of rotatable bonds is 2. The number of carbonyl (C=O) groups is 1. The Hall–Kier alpha value is -2.25. The fourth-order valence-electron chi connectivity index (χ4n) is 1.31. The molecule has 0 spiro atoms. The van der Waals surface area contributed by atoms with Crippen LogP contribution < -0.4 is 11.4 Å². The molecule has 0 aliphatic carbocycles. The predicted molar refractivity (Wildman–Crippen MR) is 53.9 cm³/mol. The summed E-state index contributed by atoms with van der Waals surface area (Å²) in [6.07, 6.45) is 1.21. The lowest BCUT2D eigenvalue weighted by Crippen LogP contribution is -2.31. The average molecular weight is 222 g/mol. The Morgan fingerprint density at radius 3 is 2.75 bits per heavy atom. The van der Waals surface area contributed by atoms with Gasteiger partial charge in [-0.25, -0.2) is 14.2 Å². The van der Waals surface area contributed by atoms with Crippen molar-refractivity contribution in [3.8, 4) is 0 Å². The molecule has 0 atom stereocenters. The smallest absolute Gasteiger partial charge is 0.353 e. The number of hydrogen-bond acceptors (Lipinski definition) is 5. The average Bonchev–Trinajstić information content (AvgIpc) is 2.61. The number of hydrogen-bond donors (Lipinski definition) is 1. The quantitative estimate of drug-likeness (QED) is 0.698. The standard InChI is InChI=1S/C8H10N6O2/c1-4(2)14-8(16)13-3-10-5(6(9)15)7(13)11-12-14/h3-4H,1-2H3,(H2,9,15). The maximum Gasteiger partial charge on any atom is 0.353 e. The number of fused-ring (bicyclic) bond motifs is 1. The van der Waals surface area contributed by atoms with Crippen LogP contribution in [0.2, 0.25) is 0 Å². The first-order valence-corrected chi connectivity index (χ1v) is 4.64. The fourth-order valence-corrected chi connectivity index (χ4v) is 1.31. The molecule has 0 aromatic carbocycles. The first-order valence-electron chi connectivity index (χ1n) is 4.64. The van der Waals surface area contributed by atoms with Gasteiger partial charge in [-0.1, -0.05) is 5.21 Å². The summed E-state index contributed by atoms with van der Waals surface area (Å²) in [5.41, 5.74) is 4.70. The van der Waals surface area contributed by atoms with E-state index < -0.39 is 11.6 Å². The molecule has 0 saturated carbocycles. The van der Waals surface area contributed by atoms with Gasteiger partial charge in [0.2, 0.25) is 0 Å². The summed E-state index contributed by atoms with van der Waals surface area (Å²) >= 11 is 0. The van der Waals surface area contributed by atoms with Crippen LogP contribution in [0.15, 0.2) is 11.1 Å². The third-order valence-corrected chi connectivity index (χ3v) is 2.10. The van der Waals surface area contributed by atoms with Crippen LogP contribution in [0.5, 0.6) is 0 Å². The summed E-state index contributed by atoms with van der Waals surface area (Å²) < 4.78 is 2.34. The van der Waals surface area contributed by atoms with Gasteiger partial charge in [0.25, 0.3) is 5.91 Å². The number of aromatic nitrogens is 5. The van der Waals surface area contributed by atoms with E-state index in [2.05, 4.69) is 15.3 Å². The normalized spacial score (nSPS) is 11.2. The van der Waals surface area contributed by atoms with Crippen LogP contribution in [-0.4, -0.2) is 30.3 Å². The molecular formula is C8H10N6O2. The van der Waals surface area contributed by atoms with E-state index in [-0.39, 0.29) is 17.4 Å². The lowest BCUT2D eigenvalue weighted by molar-refractivity contribution is 0.0997. The molecule has 84 valence electrons. The molecule has 2 rings (SSSR count). The summed E-state index contributed by atoms with van der Waals surface area (Å²) in [6.45, 7) is 3.60. The zero-order chi connectivity index (χ0) is 11.9. The second-order valence-electron chi connectivity index (χ2n) is 3.56. The highest BCUT2D eigenvalue weighted by atomic mass is 16.2. The van der Waals surface area contributed by atoms with Gasteiger partial charge in [-0.15, -0.1) is 5.10 Å². The lowest BCUT2D eigenvalue weighted by atomic mass is 10.4. The predicted octanol–water partition coefficient (Wildman–Crippen LogP) is -1.03. The maximum absolute atomic E-state index is 11.8. The number of imidazole rings is 1. The SMILES string of the molecule is CC(C)n1nnc2c(C(N)=O)ncn2c1=O. The minimum atomic E-state index is -0.738. The molecule has 1 amide bonds. The number of primary amides is 1. The number of nitrogens with zero attached hydrogens (tertiary/aromatic N) is 5. The van der Waals surface area contributed by atoms with E-state index in [1.807, 2.05) is 0 Å². The van der Waals surface area contributed by atoms with E-state index in [1.54, 1.807) is 13.8 Å². The van der Waals surface area contributed by atoms with Gasteiger partial charge in [-0.2, -0.15) is 4.68 Å². The third-order valence-electron chi connectivity index (χ3n) is 2.10. The highest BCUT2D eigenvalue weighted by molar-refractivity contribution is 5.96. The highest BCUT2D eigenvalue weighted by Crippen LogP contribution is 2.02. The molecule has 2 aromatic heterocycles. The van der Waals surface area contributed by atoms with Gasteiger partial charge in [0.05, 0.1) is 6.04 Å². The van der Waals surface area contributed by atoms with E-state index >= 15 is 0 Å². The lowest BCUT2D eigenvalue weighted by Gasteiger charge is -2.05. The Morgan fingerprint density at radius 1 is 1.50 bits per heavy atom. The van der Waals surface area contributed by atoms with Crippen molar-refractivity contribution in [1.82, 2.24) is 24.4 Å². The molecule has 0 aliphatic heterocycles. The zero-order valence-electron chi connectivity index (χ0n) is 8.78. The molecule has 0 aliphatic rings. The van der Waals surface area contributed by atoms with Crippen LogP contribution in [0.25, 0.3) is 5.65 Å².